The van der Waals surface area contributed by atoms with Crippen molar-refractivity contribution in [1.82, 2.24) is 0 Å². The van der Waals surface area contributed by atoms with Crippen molar-refractivity contribution < 1.29 is 47.7 Å². The number of ether oxygens (including phenoxy) is 5. The van der Waals surface area contributed by atoms with E-state index in [1.54, 1.807) is 0 Å². The number of thioether (sulfide) groups is 1. The average molecular weight is 967 g/mol. The molecule has 0 aliphatic carbocycles. The summed E-state index contributed by atoms with van der Waals surface area (Å²) in [6.07, 6.45) is 35.5. The van der Waals surface area contributed by atoms with Gasteiger partial charge >= 0.3 is 23.9 Å². The van der Waals surface area contributed by atoms with Crippen LogP contribution in [0.1, 0.15) is 291 Å². The van der Waals surface area contributed by atoms with E-state index in [9.17, 15) is 24.0 Å². The predicted octanol–water partition coefficient (Wildman–Crippen LogP) is 16.0. The Bertz CT molecular complexity index is 1230. The van der Waals surface area contributed by atoms with E-state index in [-0.39, 0.29) is 37.4 Å². The van der Waals surface area contributed by atoms with Crippen molar-refractivity contribution in [2.45, 2.75) is 321 Å². The molecule has 0 saturated carbocycles. The zero-order chi connectivity index (χ0) is 49.0. The Kier molecular flexibility index (Phi) is 42.3. The van der Waals surface area contributed by atoms with Crippen molar-refractivity contribution >= 4 is 40.8 Å². The van der Waals surface area contributed by atoms with E-state index in [0.717, 1.165) is 88.8 Å². The zero-order valence-corrected chi connectivity index (χ0v) is 44.7. The van der Waals surface area contributed by atoms with Crippen molar-refractivity contribution in [3.8, 4) is 0 Å². The van der Waals surface area contributed by atoms with Crippen LogP contribution in [0.15, 0.2) is 0 Å². The molecule has 0 aromatic rings. The summed E-state index contributed by atoms with van der Waals surface area (Å²) in [5.41, 5.74) is -1.08. The van der Waals surface area contributed by atoms with E-state index in [0.29, 0.717) is 25.7 Å². The third kappa shape index (κ3) is 35.6. The summed E-state index contributed by atoms with van der Waals surface area (Å²) in [5.74, 6) is -1.87. The maximum atomic E-state index is 13.7. The van der Waals surface area contributed by atoms with Crippen molar-refractivity contribution in [3.05, 3.63) is 0 Å². The van der Waals surface area contributed by atoms with Crippen molar-refractivity contribution in [3.63, 3.8) is 0 Å². The highest BCUT2D eigenvalue weighted by Crippen LogP contribution is 2.35. The minimum atomic E-state index is -1.27. The molecule has 1 aliphatic rings. The smallest absolute Gasteiger partial charge is 0.306 e. The summed E-state index contributed by atoms with van der Waals surface area (Å²) in [6, 6.07) is 0. The normalized spacial score (nSPS) is 18.1. The molecule has 0 unspecified atom stereocenters. The van der Waals surface area contributed by atoms with Gasteiger partial charge in [-0.1, -0.05) is 245 Å². The molecule has 0 bridgehead atoms. The van der Waals surface area contributed by atoms with Crippen LogP contribution in [0.3, 0.4) is 0 Å². The van der Waals surface area contributed by atoms with Gasteiger partial charge in [0.25, 0.3) is 0 Å². The zero-order valence-electron chi connectivity index (χ0n) is 43.9. The molecule has 5 atom stereocenters. The number of carbonyl (C=O) groups excluding carboxylic acids is 5. The molecule has 392 valence electrons. The van der Waals surface area contributed by atoms with Gasteiger partial charge in [-0.2, -0.15) is 0 Å². The van der Waals surface area contributed by atoms with Crippen LogP contribution in [0.4, 0.5) is 0 Å². The second-order valence-corrected chi connectivity index (χ2v) is 20.8. The molecule has 10 nitrogen and oxygen atoms in total. The molecule has 1 fully saturated rings. The molecule has 67 heavy (non-hydrogen) atoms. The lowest BCUT2D eigenvalue weighted by Gasteiger charge is -2.44. The maximum Gasteiger partial charge on any atom is 0.306 e. The molecule has 1 rings (SSSR count). The van der Waals surface area contributed by atoms with Crippen LogP contribution in [0.25, 0.3) is 0 Å². The van der Waals surface area contributed by atoms with Gasteiger partial charge in [-0.25, -0.2) is 0 Å². The van der Waals surface area contributed by atoms with Gasteiger partial charge in [-0.05, 0) is 25.7 Å². The van der Waals surface area contributed by atoms with E-state index in [2.05, 4.69) is 27.7 Å². The Morgan fingerprint density at radius 3 is 0.940 bits per heavy atom. The standard InChI is InChI=1S/C56H102O10S/c1-6-10-14-18-22-26-30-34-38-42-49(58)62-46-48-53(64-50(59)43-39-35-31-27-23-19-15-11-7-2)54(65-51(60)44-40-36-32-28-24-20-16-12-8-3)55(56(63-48)67-47(5)57)66-52(61)45-41-37-33-29-25-21-17-13-9-4/h48,53-56H,6-46H2,1-5H3/t48-,53+,54+,55-,56-/m1/s1. The average Bonchev–Trinajstić information content (AvgIpc) is 3.30. The van der Waals surface area contributed by atoms with Crippen molar-refractivity contribution in [2.24, 2.45) is 0 Å². The van der Waals surface area contributed by atoms with Crippen LogP contribution in [0, 0.1) is 0 Å². The number of carbonyl (C=O) groups is 5. The van der Waals surface area contributed by atoms with Crippen LogP contribution in [0.2, 0.25) is 0 Å². The van der Waals surface area contributed by atoms with Crippen LogP contribution in [-0.4, -0.2) is 65.5 Å². The molecule has 0 N–H and O–H groups in total. The molecule has 1 aliphatic heterocycles. The number of esters is 4. The first kappa shape index (κ1) is 62.9. The maximum absolute atomic E-state index is 13.7. The summed E-state index contributed by atoms with van der Waals surface area (Å²) >= 11 is 0.836. The van der Waals surface area contributed by atoms with Crippen LogP contribution < -0.4 is 0 Å². The van der Waals surface area contributed by atoms with Crippen LogP contribution >= 0.6 is 11.8 Å². The van der Waals surface area contributed by atoms with Gasteiger partial charge in [-0.15, -0.1) is 0 Å². The Balaban J connectivity index is 3.21. The van der Waals surface area contributed by atoms with E-state index >= 15 is 0 Å². The molecule has 1 saturated heterocycles. The van der Waals surface area contributed by atoms with Gasteiger partial charge in [0.15, 0.2) is 28.9 Å². The molecule has 0 radical (unpaired) electrons. The summed E-state index contributed by atoms with van der Waals surface area (Å²) in [4.78, 5) is 66.9. The van der Waals surface area contributed by atoms with E-state index in [1.807, 2.05) is 0 Å². The third-order valence-corrected chi connectivity index (χ3v) is 14.0. The minimum absolute atomic E-state index is 0.147. The number of rotatable bonds is 46. The minimum Gasteiger partial charge on any atom is -0.463 e. The molecular formula is C56H102O10S. The first-order valence-corrected chi connectivity index (χ1v) is 29.1. The fourth-order valence-corrected chi connectivity index (χ4v) is 9.74. The fraction of sp³-hybridized carbons (Fsp3) is 0.911. The van der Waals surface area contributed by atoms with E-state index in [1.165, 1.54) is 135 Å². The highest BCUT2D eigenvalue weighted by Gasteiger charge is 2.53. The molecule has 0 spiro atoms. The SMILES string of the molecule is CCCCCCCCCCCC(=O)OC[C@H]1O[C@H](SC(C)=O)[C@H](OC(=O)CCCCCCCCCCC)[C@@H](OC(=O)CCCCCCCCCCC)[C@H]1OC(=O)CCCCCCCCCCC. The van der Waals surface area contributed by atoms with Gasteiger partial charge in [0, 0.05) is 32.6 Å². The van der Waals surface area contributed by atoms with E-state index in [4.69, 9.17) is 23.7 Å². The van der Waals surface area contributed by atoms with Crippen LogP contribution in [0.5, 0.6) is 0 Å². The highest BCUT2D eigenvalue weighted by molar-refractivity contribution is 8.14. The highest BCUT2D eigenvalue weighted by atomic mass is 32.2. The summed E-state index contributed by atoms with van der Waals surface area (Å²) in [6.45, 7) is 9.99. The van der Waals surface area contributed by atoms with Gasteiger partial charge in [0.1, 0.15) is 12.7 Å². The van der Waals surface area contributed by atoms with Gasteiger partial charge in [0.2, 0.25) is 0 Å². The summed E-state index contributed by atoms with van der Waals surface area (Å²) in [5, 5.41) is -0.285. The Hall–Kier alpha value is -2.14. The predicted molar refractivity (Wildman–Crippen MR) is 275 cm³/mol. The first-order chi connectivity index (χ1) is 32.7. The second kappa shape index (κ2) is 45.0. The van der Waals surface area contributed by atoms with Crippen molar-refractivity contribution in [2.75, 3.05) is 6.61 Å². The number of hydrogen-bond acceptors (Lipinski definition) is 11. The Labute approximate surface area is 414 Å². The first-order valence-electron chi connectivity index (χ1n) is 28.2. The molecular weight excluding hydrogens is 865 g/mol. The molecule has 0 aromatic carbocycles. The van der Waals surface area contributed by atoms with Gasteiger partial charge in [0.05, 0.1) is 0 Å². The Morgan fingerprint density at radius 2 is 0.627 bits per heavy atom. The largest absolute Gasteiger partial charge is 0.463 e. The second-order valence-electron chi connectivity index (χ2n) is 19.5. The summed E-state index contributed by atoms with van der Waals surface area (Å²) in [7, 11) is 0. The van der Waals surface area contributed by atoms with Gasteiger partial charge < -0.3 is 23.7 Å². The number of unbranched alkanes of at least 4 members (excludes halogenated alkanes) is 32. The third-order valence-electron chi connectivity index (χ3n) is 13.0. The lowest BCUT2D eigenvalue weighted by atomic mass is 9.98. The monoisotopic (exact) mass is 967 g/mol. The Morgan fingerprint density at radius 1 is 0.358 bits per heavy atom. The lowest BCUT2D eigenvalue weighted by molar-refractivity contribution is -0.239. The molecule has 0 aromatic heterocycles. The lowest BCUT2D eigenvalue weighted by Crippen LogP contribution is -2.62. The number of hydrogen-bond donors (Lipinski definition) is 0. The molecule has 11 heteroatoms. The van der Waals surface area contributed by atoms with Crippen LogP contribution in [-0.2, 0) is 47.7 Å². The topological polar surface area (TPSA) is 132 Å². The molecule has 1 heterocycles. The van der Waals surface area contributed by atoms with E-state index < -0.39 is 53.7 Å². The summed E-state index contributed by atoms with van der Waals surface area (Å²) < 4.78 is 30.8. The fourth-order valence-electron chi connectivity index (χ4n) is 8.87. The van der Waals surface area contributed by atoms with Crippen molar-refractivity contribution in [1.29, 1.82) is 0 Å². The molecule has 0 amide bonds. The quantitative estimate of drug-likeness (QED) is 0.0328. The van der Waals surface area contributed by atoms with Gasteiger partial charge in [-0.3, -0.25) is 24.0 Å².